The number of ether oxygens (including phenoxy) is 1. The van der Waals surface area contributed by atoms with E-state index in [1.165, 1.54) is 12.3 Å². The van der Waals surface area contributed by atoms with Crippen molar-refractivity contribution >= 4 is 67.3 Å². The van der Waals surface area contributed by atoms with Crippen molar-refractivity contribution in [2.75, 3.05) is 11.9 Å². The SMILES string of the molecule is NC(=O)c1ccsc1NC(=O)COC(=O)c1cc(S(=O)(=O)NCc2ccco2)c(Cl)cc1Cl. The fourth-order valence-electron chi connectivity index (χ4n) is 2.52. The largest absolute Gasteiger partial charge is 0.468 e. The average molecular weight is 532 g/mol. The maximum atomic E-state index is 12.6. The number of rotatable bonds is 9. The summed E-state index contributed by atoms with van der Waals surface area (Å²) in [6.07, 6.45) is 1.39. The summed E-state index contributed by atoms with van der Waals surface area (Å²) in [5.74, 6) is -2.17. The summed E-state index contributed by atoms with van der Waals surface area (Å²) in [7, 11) is -4.15. The molecule has 0 aliphatic carbocycles. The molecular weight excluding hydrogens is 517 g/mol. The van der Waals surface area contributed by atoms with Gasteiger partial charge in [-0.3, -0.25) is 9.59 Å². The van der Waals surface area contributed by atoms with E-state index in [2.05, 4.69) is 10.0 Å². The summed E-state index contributed by atoms with van der Waals surface area (Å²) in [4.78, 5) is 35.4. The van der Waals surface area contributed by atoms with Gasteiger partial charge in [-0.1, -0.05) is 23.2 Å². The highest BCUT2D eigenvalue weighted by atomic mass is 35.5. The zero-order valence-corrected chi connectivity index (χ0v) is 19.6. The fourth-order valence-corrected chi connectivity index (χ4v) is 5.17. The van der Waals surface area contributed by atoms with Crippen LogP contribution in [0.3, 0.4) is 0 Å². The number of hydrogen-bond donors (Lipinski definition) is 3. The van der Waals surface area contributed by atoms with Crippen LogP contribution in [-0.4, -0.2) is 32.8 Å². The summed E-state index contributed by atoms with van der Waals surface area (Å²) in [6.45, 7) is -0.878. The number of carbonyl (C=O) groups is 3. The Balaban J connectivity index is 1.70. The number of nitrogens with one attached hydrogen (secondary N) is 2. The molecule has 33 heavy (non-hydrogen) atoms. The zero-order chi connectivity index (χ0) is 24.2. The minimum atomic E-state index is -4.15. The third-order valence-electron chi connectivity index (χ3n) is 4.07. The number of halogens is 2. The van der Waals surface area contributed by atoms with Crippen molar-refractivity contribution in [3.63, 3.8) is 0 Å². The molecule has 0 aliphatic heterocycles. The van der Waals surface area contributed by atoms with Crippen LogP contribution in [-0.2, 0) is 26.1 Å². The molecule has 0 radical (unpaired) electrons. The molecule has 2 amide bonds. The van der Waals surface area contributed by atoms with Crippen LogP contribution in [0.2, 0.25) is 10.0 Å². The van der Waals surface area contributed by atoms with Gasteiger partial charge in [-0.25, -0.2) is 17.9 Å². The van der Waals surface area contributed by atoms with Gasteiger partial charge >= 0.3 is 5.97 Å². The Morgan fingerprint density at radius 1 is 1.12 bits per heavy atom. The predicted molar refractivity (Wildman–Crippen MR) is 121 cm³/mol. The van der Waals surface area contributed by atoms with E-state index in [-0.39, 0.29) is 32.7 Å². The molecule has 1 aromatic carbocycles. The topological polar surface area (TPSA) is 158 Å². The number of amides is 2. The highest BCUT2D eigenvalue weighted by Crippen LogP contribution is 2.29. The van der Waals surface area contributed by atoms with E-state index in [4.69, 9.17) is 38.1 Å². The lowest BCUT2D eigenvalue weighted by Gasteiger charge is -2.11. The number of carbonyl (C=O) groups excluding carboxylic acids is 3. The lowest BCUT2D eigenvalue weighted by atomic mass is 10.2. The van der Waals surface area contributed by atoms with Crippen molar-refractivity contribution in [1.82, 2.24) is 4.72 Å². The smallest absolute Gasteiger partial charge is 0.340 e. The van der Waals surface area contributed by atoms with Gasteiger partial charge in [0.1, 0.15) is 15.7 Å². The van der Waals surface area contributed by atoms with Crippen molar-refractivity contribution in [2.45, 2.75) is 11.4 Å². The fraction of sp³-hybridized carbons (Fsp3) is 0.105. The Kier molecular flexibility index (Phi) is 7.76. The molecule has 0 unspecified atom stereocenters. The first-order valence-electron chi connectivity index (χ1n) is 8.94. The van der Waals surface area contributed by atoms with Gasteiger partial charge in [0.2, 0.25) is 10.0 Å². The molecule has 10 nitrogen and oxygen atoms in total. The van der Waals surface area contributed by atoms with Crippen LogP contribution in [0, 0.1) is 0 Å². The number of benzene rings is 1. The van der Waals surface area contributed by atoms with Gasteiger partial charge in [0.05, 0.1) is 34.0 Å². The Morgan fingerprint density at radius 3 is 2.55 bits per heavy atom. The van der Waals surface area contributed by atoms with Crippen molar-refractivity contribution in [2.24, 2.45) is 5.73 Å². The van der Waals surface area contributed by atoms with Crippen molar-refractivity contribution in [3.05, 3.63) is 68.9 Å². The maximum Gasteiger partial charge on any atom is 0.340 e. The Morgan fingerprint density at radius 2 is 1.88 bits per heavy atom. The van der Waals surface area contributed by atoms with Gasteiger partial charge in [-0.05, 0) is 35.7 Å². The van der Waals surface area contributed by atoms with E-state index in [0.717, 1.165) is 23.5 Å². The van der Waals surface area contributed by atoms with Crippen molar-refractivity contribution in [1.29, 1.82) is 0 Å². The van der Waals surface area contributed by atoms with Gasteiger partial charge < -0.3 is 20.2 Å². The number of hydrogen-bond acceptors (Lipinski definition) is 8. The molecule has 2 aromatic heterocycles. The second kappa shape index (κ2) is 10.4. The number of primary amides is 1. The molecule has 0 saturated heterocycles. The summed E-state index contributed by atoms with van der Waals surface area (Å²) in [6, 6.07) is 6.62. The highest BCUT2D eigenvalue weighted by molar-refractivity contribution is 7.89. The molecule has 0 aliphatic rings. The first-order valence-corrected chi connectivity index (χ1v) is 12.1. The lowest BCUT2D eigenvalue weighted by Crippen LogP contribution is -2.24. The Bertz CT molecular complexity index is 1300. The van der Waals surface area contributed by atoms with Crippen LogP contribution in [0.5, 0.6) is 0 Å². The van der Waals surface area contributed by atoms with E-state index in [9.17, 15) is 22.8 Å². The molecule has 0 spiro atoms. The molecule has 3 rings (SSSR count). The summed E-state index contributed by atoms with van der Waals surface area (Å²) in [5.41, 5.74) is 5.00. The molecule has 2 heterocycles. The summed E-state index contributed by atoms with van der Waals surface area (Å²) in [5, 5.41) is 3.75. The van der Waals surface area contributed by atoms with Crippen LogP contribution >= 0.6 is 34.5 Å². The molecule has 0 atom stereocenters. The van der Waals surface area contributed by atoms with Crippen molar-refractivity contribution in [3.8, 4) is 0 Å². The van der Waals surface area contributed by atoms with Crippen molar-refractivity contribution < 1.29 is 32.0 Å². The first kappa shape index (κ1) is 24.7. The Labute approximate surface area is 201 Å². The number of sulfonamides is 1. The maximum absolute atomic E-state index is 12.6. The standard InChI is InChI=1S/C19H15Cl2N3O7S2/c20-13-7-14(21)15(33(28,29)23-8-10-2-1-4-30-10)6-12(13)19(27)31-9-16(25)24-18-11(17(22)26)3-5-32-18/h1-7,23H,8-9H2,(H2,22,26)(H,24,25). The zero-order valence-electron chi connectivity index (χ0n) is 16.5. The van der Waals surface area contributed by atoms with Gasteiger partial charge in [0.15, 0.2) is 6.61 Å². The number of esters is 1. The molecule has 174 valence electrons. The quantitative estimate of drug-likeness (QED) is 0.358. The third kappa shape index (κ3) is 6.12. The monoisotopic (exact) mass is 531 g/mol. The number of furan rings is 1. The van der Waals surface area contributed by atoms with Gasteiger partial charge in [0.25, 0.3) is 11.8 Å². The van der Waals surface area contributed by atoms with Gasteiger partial charge in [0, 0.05) is 0 Å². The average Bonchev–Trinajstić information content (AvgIpc) is 3.42. The normalized spacial score (nSPS) is 11.2. The predicted octanol–water partition coefficient (Wildman–Crippen LogP) is 3.02. The molecule has 0 saturated carbocycles. The second-order valence-corrected chi connectivity index (χ2v) is 9.78. The van der Waals surface area contributed by atoms with E-state index in [1.54, 1.807) is 17.5 Å². The van der Waals surface area contributed by atoms with Crippen LogP contribution in [0.4, 0.5) is 5.00 Å². The van der Waals surface area contributed by atoms with Crippen LogP contribution in [0.1, 0.15) is 26.5 Å². The summed E-state index contributed by atoms with van der Waals surface area (Å²) >= 11 is 13.1. The summed E-state index contributed by atoms with van der Waals surface area (Å²) < 4.78 is 37.6. The molecule has 14 heteroatoms. The number of thiophene rings is 1. The molecule has 0 fully saturated rings. The van der Waals surface area contributed by atoms with E-state index in [1.807, 2.05) is 0 Å². The molecule has 0 bridgehead atoms. The molecule has 3 aromatic rings. The van der Waals surface area contributed by atoms with E-state index < -0.39 is 39.3 Å². The van der Waals surface area contributed by atoms with Gasteiger partial charge in [-0.15, -0.1) is 11.3 Å². The Hall–Kier alpha value is -2.90. The van der Waals surface area contributed by atoms with Gasteiger partial charge in [-0.2, -0.15) is 0 Å². The minimum Gasteiger partial charge on any atom is -0.468 e. The van der Waals surface area contributed by atoms with E-state index >= 15 is 0 Å². The van der Waals surface area contributed by atoms with Crippen LogP contribution < -0.4 is 15.8 Å². The second-order valence-electron chi connectivity index (χ2n) is 6.32. The molecular formula is C19H15Cl2N3O7S2. The number of anilines is 1. The molecule has 4 N–H and O–H groups in total. The first-order chi connectivity index (χ1) is 15.6. The number of nitrogens with two attached hydrogens (primary N) is 1. The lowest BCUT2D eigenvalue weighted by molar-refractivity contribution is -0.119. The van der Waals surface area contributed by atoms with Crippen LogP contribution in [0.25, 0.3) is 0 Å². The van der Waals surface area contributed by atoms with Crippen LogP contribution in [0.15, 0.2) is 51.3 Å². The highest BCUT2D eigenvalue weighted by Gasteiger charge is 2.24. The third-order valence-corrected chi connectivity index (χ3v) is 7.07. The van der Waals surface area contributed by atoms with E-state index in [0.29, 0.717) is 5.76 Å². The minimum absolute atomic E-state index is 0.109.